The fraction of sp³-hybridized carbons (Fsp3) is 0.185. The zero-order valence-electron chi connectivity index (χ0n) is 18.2. The van der Waals surface area contributed by atoms with Crippen molar-refractivity contribution in [3.05, 3.63) is 108 Å². The summed E-state index contributed by atoms with van der Waals surface area (Å²) in [5.41, 5.74) is 1.42. The molecule has 1 N–H and O–H groups in total. The van der Waals surface area contributed by atoms with E-state index in [0.717, 1.165) is 11.1 Å². The second-order valence-corrected chi connectivity index (χ2v) is 8.02. The van der Waals surface area contributed by atoms with Crippen molar-refractivity contribution in [1.29, 1.82) is 0 Å². The maximum absolute atomic E-state index is 13.8. The number of rotatable bonds is 6. The van der Waals surface area contributed by atoms with Crippen LogP contribution < -0.4 is 15.0 Å². The molecule has 0 bridgehead atoms. The van der Waals surface area contributed by atoms with Gasteiger partial charge in [0, 0.05) is 17.8 Å². The molecule has 4 rings (SSSR count). The number of anilines is 1. The predicted octanol–water partition coefficient (Wildman–Crippen LogP) is 4.46. The van der Waals surface area contributed by atoms with E-state index < -0.39 is 5.54 Å². The lowest BCUT2D eigenvalue weighted by atomic mass is 9.77. The number of benzene rings is 3. The Labute approximate surface area is 188 Å². The van der Waals surface area contributed by atoms with Gasteiger partial charge in [-0.2, -0.15) is 0 Å². The van der Waals surface area contributed by atoms with E-state index in [1.165, 1.54) is 0 Å². The SMILES string of the molecule is COc1ccc(N2C=CC(c3ccccc3)C(C)(NC(=O)Cc3ccccc3)C2=O)cc1. The number of carbonyl (C=O) groups is 2. The monoisotopic (exact) mass is 426 g/mol. The number of methoxy groups -OCH3 is 1. The van der Waals surface area contributed by atoms with Gasteiger partial charge >= 0.3 is 0 Å². The summed E-state index contributed by atoms with van der Waals surface area (Å²) in [6, 6.07) is 26.6. The Bertz CT molecular complexity index is 1110. The van der Waals surface area contributed by atoms with Crippen LogP contribution in [0.3, 0.4) is 0 Å². The Morgan fingerprint density at radius 3 is 2.22 bits per heavy atom. The van der Waals surface area contributed by atoms with Crippen molar-refractivity contribution in [2.24, 2.45) is 0 Å². The first kappa shape index (κ1) is 21.4. The van der Waals surface area contributed by atoms with Gasteiger partial charge in [-0.1, -0.05) is 66.7 Å². The van der Waals surface area contributed by atoms with Gasteiger partial charge in [-0.05, 0) is 42.3 Å². The smallest absolute Gasteiger partial charge is 0.257 e. The fourth-order valence-electron chi connectivity index (χ4n) is 4.11. The maximum Gasteiger partial charge on any atom is 0.257 e. The minimum Gasteiger partial charge on any atom is -0.497 e. The lowest BCUT2D eigenvalue weighted by Crippen LogP contribution is -2.62. The van der Waals surface area contributed by atoms with Crippen molar-refractivity contribution in [2.45, 2.75) is 24.8 Å². The third-order valence-electron chi connectivity index (χ3n) is 5.83. The molecule has 5 nitrogen and oxygen atoms in total. The van der Waals surface area contributed by atoms with Gasteiger partial charge < -0.3 is 10.1 Å². The first-order valence-electron chi connectivity index (χ1n) is 10.6. The molecule has 3 aromatic rings. The molecule has 0 radical (unpaired) electrons. The van der Waals surface area contributed by atoms with Crippen LogP contribution in [-0.2, 0) is 16.0 Å². The molecular formula is C27H26N2O3. The lowest BCUT2D eigenvalue weighted by Gasteiger charge is -2.42. The highest BCUT2D eigenvalue weighted by atomic mass is 16.5. The Morgan fingerprint density at radius 2 is 1.59 bits per heavy atom. The van der Waals surface area contributed by atoms with Gasteiger partial charge in [0.05, 0.1) is 13.5 Å². The Balaban J connectivity index is 1.68. The average Bonchev–Trinajstić information content (AvgIpc) is 2.82. The van der Waals surface area contributed by atoms with Gasteiger partial charge in [0.1, 0.15) is 11.3 Å². The minimum atomic E-state index is -1.15. The molecule has 2 atom stereocenters. The van der Waals surface area contributed by atoms with E-state index in [1.54, 1.807) is 25.1 Å². The summed E-state index contributed by atoms with van der Waals surface area (Å²) in [6.07, 6.45) is 3.97. The molecule has 162 valence electrons. The number of hydrogen-bond acceptors (Lipinski definition) is 3. The molecule has 0 aromatic heterocycles. The topological polar surface area (TPSA) is 58.6 Å². The molecule has 0 aliphatic carbocycles. The lowest BCUT2D eigenvalue weighted by molar-refractivity contribution is -0.131. The highest BCUT2D eigenvalue weighted by Gasteiger charge is 2.47. The van der Waals surface area contributed by atoms with Crippen LogP contribution in [0.25, 0.3) is 0 Å². The van der Waals surface area contributed by atoms with Crippen molar-refractivity contribution in [3.63, 3.8) is 0 Å². The van der Waals surface area contributed by atoms with Crippen LogP contribution >= 0.6 is 0 Å². The summed E-state index contributed by atoms with van der Waals surface area (Å²) < 4.78 is 5.23. The number of hydrogen-bond donors (Lipinski definition) is 1. The van der Waals surface area contributed by atoms with Gasteiger partial charge in [0.15, 0.2) is 0 Å². The van der Waals surface area contributed by atoms with Crippen LogP contribution in [0.15, 0.2) is 97.2 Å². The summed E-state index contributed by atoms with van der Waals surface area (Å²) in [4.78, 5) is 28.4. The molecule has 0 fully saturated rings. The second kappa shape index (κ2) is 9.10. The van der Waals surface area contributed by atoms with Gasteiger partial charge in [-0.3, -0.25) is 14.5 Å². The van der Waals surface area contributed by atoms with Crippen LogP contribution in [0.1, 0.15) is 24.0 Å². The molecule has 1 heterocycles. The number of nitrogens with zero attached hydrogens (tertiary/aromatic N) is 1. The molecule has 0 saturated heterocycles. The van der Waals surface area contributed by atoms with E-state index >= 15 is 0 Å². The van der Waals surface area contributed by atoms with Crippen LogP contribution in [0.2, 0.25) is 0 Å². The zero-order valence-corrected chi connectivity index (χ0v) is 18.2. The Kier molecular flexibility index (Phi) is 6.08. The van der Waals surface area contributed by atoms with Gasteiger partial charge in [-0.25, -0.2) is 0 Å². The molecule has 0 saturated carbocycles. The van der Waals surface area contributed by atoms with Crippen LogP contribution in [0.5, 0.6) is 5.75 Å². The summed E-state index contributed by atoms with van der Waals surface area (Å²) in [6.45, 7) is 1.80. The standard InChI is InChI=1S/C27H26N2O3/c1-27(28-25(30)19-20-9-5-3-6-10-20)24(21-11-7-4-8-12-21)17-18-29(26(27)31)22-13-15-23(32-2)16-14-22/h3-18,24H,19H2,1-2H3,(H,28,30). The van der Waals surface area contributed by atoms with Crippen LogP contribution in [0, 0.1) is 0 Å². The molecule has 2 unspecified atom stereocenters. The van der Waals surface area contributed by atoms with Gasteiger partial charge in [0.25, 0.3) is 5.91 Å². The van der Waals surface area contributed by atoms with Gasteiger partial charge in [-0.15, -0.1) is 0 Å². The number of carbonyl (C=O) groups excluding carboxylic acids is 2. The molecule has 5 heteroatoms. The van der Waals surface area contributed by atoms with E-state index in [0.29, 0.717) is 11.4 Å². The van der Waals surface area contributed by atoms with Crippen LogP contribution in [0.4, 0.5) is 5.69 Å². The molecule has 0 spiro atoms. The van der Waals surface area contributed by atoms with E-state index in [1.807, 2.05) is 91.0 Å². The molecule has 1 aliphatic heterocycles. The summed E-state index contributed by atoms with van der Waals surface area (Å²) in [7, 11) is 1.60. The van der Waals surface area contributed by atoms with Crippen molar-refractivity contribution in [1.82, 2.24) is 5.32 Å². The second-order valence-electron chi connectivity index (χ2n) is 8.02. The van der Waals surface area contributed by atoms with Crippen molar-refractivity contribution < 1.29 is 14.3 Å². The number of nitrogens with one attached hydrogen (secondary N) is 1. The van der Waals surface area contributed by atoms with Crippen molar-refractivity contribution in [2.75, 3.05) is 12.0 Å². The van der Waals surface area contributed by atoms with Gasteiger partial charge in [0.2, 0.25) is 5.91 Å². The van der Waals surface area contributed by atoms with Crippen molar-refractivity contribution in [3.8, 4) is 5.75 Å². The third kappa shape index (κ3) is 4.28. The normalized spacial score (nSPS) is 20.1. The molecule has 2 amide bonds. The predicted molar refractivity (Wildman–Crippen MR) is 125 cm³/mol. The zero-order chi connectivity index (χ0) is 22.6. The Hall–Kier alpha value is -3.86. The van der Waals surface area contributed by atoms with Crippen molar-refractivity contribution >= 4 is 17.5 Å². The number of amides is 2. The first-order valence-corrected chi connectivity index (χ1v) is 10.6. The van der Waals surface area contributed by atoms with E-state index in [2.05, 4.69) is 5.32 Å². The molecule has 32 heavy (non-hydrogen) atoms. The summed E-state index contributed by atoms with van der Waals surface area (Å²) in [5, 5.41) is 3.06. The van der Waals surface area contributed by atoms with Crippen LogP contribution in [-0.4, -0.2) is 24.5 Å². The largest absolute Gasteiger partial charge is 0.497 e. The highest BCUT2D eigenvalue weighted by Crippen LogP contribution is 2.37. The van der Waals surface area contributed by atoms with E-state index in [9.17, 15) is 9.59 Å². The minimum absolute atomic E-state index is 0.194. The molecule has 1 aliphatic rings. The fourth-order valence-corrected chi connectivity index (χ4v) is 4.11. The molecular weight excluding hydrogens is 400 g/mol. The first-order chi connectivity index (χ1) is 15.5. The Morgan fingerprint density at radius 1 is 0.969 bits per heavy atom. The summed E-state index contributed by atoms with van der Waals surface area (Å²) in [5.74, 6) is 0.0205. The van der Waals surface area contributed by atoms with E-state index in [4.69, 9.17) is 4.74 Å². The summed E-state index contributed by atoms with van der Waals surface area (Å²) >= 11 is 0. The third-order valence-corrected chi connectivity index (χ3v) is 5.83. The maximum atomic E-state index is 13.8. The number of ether oxygens (including phenoxy) is 1. The highest BCUT2D eigenvalue weighted by molar-refractivity contribution is 6.05. The quantitative estimate of drug-likeness (QED) is 0.633. The van der Waals surface area contributed by atoms with E-state index in [-0.39, 0.29) is 24.2 Å². The average molecular weight is 427 g/mol. The molecule has 3 aromatic carbocycles.